The van der Waals surface area contributed by atoms with Crippen LogP contribution in [0, 0.1) is 12.3 Å². The van der Waals surface area contributed by atoms with E-state index in [4.69, 9.17) is 29.9 Å². The first kappa shape index (κ1) is 27.6. The zero-order chi connectivity index (χ0) is 28.0. The smallest absolute Gasteiger partial charge is 0.379 e. The summed E-state index contributed by atoms with van der Waals surface area (Å²) >= 11 is 0. The fourth-order valence-corrected chi connectivity index (χ4v) is 6.47. The summed E-state index contributed by atoms with van der Waals surface area (Å²) in [5.41, 5.74) is 0.705. The van der Waals surface area contributed by atoms with Gasteiger partial charge in [-0.05, 0) is 13.8 Å². The Morgan fingerprint density at radius 3 is 2.73 bits per heavy atom. The Balaban J connectivity index is 1.16. The van der Waals surface area contributed by atoms with Crippen molar-refractivity contribution in [3.63, 3.8) is 0 Å². The van der Waals surface area contributed by atoms with Crippen LogP contribution in [0.1, 0.15) is 39.3 Å². The topological polar surface area (TPSA) is 167 Å². The number of nitrogens with zero attached hydrogens (tertiary/aromatic N) is 7. The lowest BCUT2D eigenvalue weighted by atomic mass is 10.0. The highest BCUT2D eigenvalue weighted by Crippen LogP contribution is 2.49. The SMILES string of the molecule is C#CCCC1(CCNc2ncnc3c2ncn3[C@H]2O[C@@H](COP(=O)(O)N3CCOCC3)C3OC(C)(C)O[C@H]32)N=N1. The van der Waals surface area contributed by atoms with Crippen LogP contribution in [-0.4, -0.2) is 98.3 Å². The van der Waals surface area contributed by atoms with E-state index < -0.39 is 43.7 Å². The number of imidazole rings is 1. The molecule has 40 heavy (non-hydrogen) atoms. The van der Waals surface area contributed by atoms with Gasteiger partial charge in [0.1, 0.15) is 24.6 Å². The van der Waals surface area contributed by atoms with Crippen molar-refractivity contribution in [1.82, 2.24) is 24.2 Å². The van der Waals surface area contributed by atoms with E-state index in [1.807, 2.05) is 13.8 Å². The molecule has 5 atom stereocenters. The Labute approximate surface area is 231 Å². The molecule has 0 radical (unpaired) electrons. The molecule has 0 saturated carbocycles. The van der Waals surface area contributed by atoms with Gasteiger partial charge in [0.25, 0.3) is 0 Å². The number of ether oxygens (including phenoxy) is 4. The van der Waals surface area contributed by atoms with Crippen molar-refractivity contribution >= 4 is 24.7 Å². The highest BCUT2D eigenvalue weighted by Gasteiger charge is 2.56. The van der Waals surface area contributed by atoms with Crippen molar-refractivity contribution in [2.75, 3.05) is 44.8 Å². The number of rotatable bonds is 11. The van der Waals surface area contributed by atoms with Gasteiger partial charge in [0.2, 0.25) is 0 Å². The predicted octanol–water partition coefficient (Wildman–Crippen LogP) is 2.07. The average Bonchev–Trinajstić information content (AvgIpc) is 3.27. The van der Waals surface area contributed by atoms with E-state index in [9.17, 15) is 9.46 Å². The number of morpholine rings is 1. The Bertz CT molecular complexity index is 1350. The first-order valence-electron chi connectivity index (χ1n) is 13.3. The second kappa shape index (κ2) is 10.7. The third-order valence-electron chi connectivity index (χ3n) is 7.38. The van der Waals surface area contributed by atoms with Crippen LogP contribution in [0.2, 0.25) is 0 Å². The van der Waals surface area contributed by atoms with E-state index in [1.54, 1.807) is 10.9 Å². The average molecular weight is 577 g/mol. The van der Waals surface area contributed by atoms with Gasteiger partial charge in [-0.1, -0.05) is 0 Å². The van der Waals surface area contributed by atoms with Crippen LogP contribution in [-0.2, 0) is 28.0 Å². The lowest BCUT2D eigenvalue weighted by molar-refractivity contribution is -0.199. The molecule has 15 nitrogen and oxygen atoms in total. The first-order valence-corrected chi connectivity index (χ1v) is 14.8. The molecule has 0 aromatic carbocycles. The molecule has 16 heteroatoms. The summed E-state index contributed by atoms with van der Waals surface area (Å²) in [5.74, 6) is 2.33. The van der Waals surface area contributed by atoms with Crippen molar-refractivity contribution in [2.24, 2.45) is 10.2 Å². The van der Waals surface area contributed by atoms with Crippen LogP contribution in [0.4, 0.5) is 5.82 Å². The minimum Gasteiger partial charge on any atom is -0.379 e. The highest BCUT2D eigenvalue weighted by atomic mass is 31.2. The number of fused-ring (bicyclic) bond motifs is 2. The van der Waals surface area contributed by atoms with Gasteiger partial charge in [-0.2, -0.15) is 10.2 Å². The van der Waals surface area contributed by atoms with Crippen molar-refractivity contribution in [3.05, 3.63) is 12.7 Å². The third-order valence-corrected chi connectivity index (χ3v) is 8.98. The molecule has 0 bridgehead atoms. The molecule has 2 N–H and O–H groups in total. The summed E-state index contributed by atoms with van der Waals surface area (Å²) in [6, 6.07) is 0. The highest BCUT2D eigenvalue weighted by molar-refractivity contribution is 7.50. The van der Waals surface area contributed by atoms with Gasteiger partial charge in [-0.15, -0.1) is 12.3 Å². The second-order valence-corrected chi connectivity index (χ2v) is 12.4. The van der Waals surface area contributed by atoms with Crippen LogP contribution in [0.25, 0.3) is 11.2 Å². The molecule has 2 unspecified atom stereocenters. The molecule has 4 aliphatic rings. The molecule has 3 saturated heterocycles. The van der Waals surface area contributed by atoms with E-state index in [2.05, 4.69) is 36.4 Å². The van der Waals surface area contributed by atoms with Crippen molar-refractivity contribution in [3.8, 4) is 12.3 Å². The van der Waals surface area contributed by atoms with Crippen LogP contribution in [0.15, 0.2) is 22.9 Å². The third kappa shape index (κ3) is 5.50. The molecular formula is C24H33N8O7P. The minimum atomic E-state index is -4.03. The number of hydrogen-bond acceptors (Lipinski definition) is 12. The molecule has 0 aliphatic carbocycles. The number of aromatic nitrogens is 4. The summed E-state index contributed by atoms with van der Waals surface area (Å²) in [6.07, 6.45) is 8.11. The van der Waals surface area contributed by atoms with E-state index in [0.717, 1.165) is 6.42 Å². The zero-order valence-corrected chi connectivity index (χ0v) is 23.3. The lowest BCUT2D eigenvalue weighted by Gasteiger charge is -2.30. The van der Waals surface area contributed by atoms with Gasteiger partial charge < -0.3 is 29.2 Å². The Morgan fingerprint density at radius 1 is 1.20 bits per heavy atom. The predicted molar refractivity (Wildman–Crippen MR) is 140 cm³/mol. The molecule has 2 aromatic heterocycles. The summed E-state index contributed by atoms with van der Waals surface area (Å²) in [6.45, 7) is 5.42. The van der Waals surface area contributed by atoms with E-state index >= 15 is 0 Å². The summed E-state index contributed by atoms with van der Waals surface area (Å²) in [5, 5.41) is 11.7. The molecular weight excluding hydrogens is 543 g/mol. The maximum absolute atomic E-state index is 12.9. The largest absolute Gasteiger partial charge is 0.405 e. The zero-order valence-electron chi connectivity index (χ0n) is 22.4. The number of nitrogens with one attached hydrogen (secondary N) is 1. The molecule has 0 amide bonds. The fraction of sp³-hybridized carbons (Fsp3) is 0.708. The summed E-state index contributed by atoms with van der Waals surface area (Å²) in [7, 11) is -4.03. The lowest BCUT2D eigenvalue weighted by Crippen LogP contribution is -2.36. The van der Waals surface area contributed by atoms with E-state index in [1.165, 1.54) is 11.0 Å². The maximum atomic E-state index is 12.9. The summed E-state index contributed by atoms with van der Waals surface area (Å²) in [4.78, 5) is 23.9. The Morgan fingerprint density at radius 2 is 1.98 bits per heavy atom. The van der Waals surface area contributed by atoms with Crippen LogP contribution in [0.3, 0.4) is 0 Å². The van der Waals surface area contributed by atoms with Gasteiger partial charge in [-0.3, -0.25) is 9.09 Å². The first-order chi connectivity index (χ1) is 19.2. The molecule has 3 fully saturated rings. The van der Waals surface area contributed by atoms with Crippen LogP contribution < -0.4 is 5.32 Å². The fourth-order valence-electron chi connectivity index (χ4n) is 5.29. The molecule has 6 heterocycles. The normalized spacial score (nSPS) is 30.1. The van der Waals surface area contributed by atoms with Crippen molar-refractivity contribution in [2.45, 2.75) is 69.1 Å². The Hall–Kier alpha value is -2.54. The van der Waals surface area contributed by atoms with Crippen LogP contribution >= 0.6 is 7.75 Å². The van der Waals surface area contributed by atoms with Gasteiger partial charge >= 0.3 is 7.75 Å². The van der Waals surface area contributed by atoms with Gasteiger partial charge in [0, 0.05) is 38.9 Å². The number of anilines is 1. The molecule has 4 aliphatic heterocycles. The van der Waals surface area contributed by atoms with Gasteiger partial charge in [-0.25, -0.2) is 24.2 Å². The quantitative estimate of drug-likeness (QED) is 0.296. The molecule has 0 spiro atoms. The Kier molecular flexibility index (Phi) is 7.39. The minimum absolute atomic E-state index is 0.159. The molecule has 216 valence electrons. The number of terminal acetylenes is 1. The van der Waals surface area contributed by atoms with Crippen molar-refractivity contribution in [1.29, 1.82) is 0 Å². The standard InChI is InChI=1S/C24H33N8O7P/c1-4-5-6-24(29-30-24)7-8-25-20-17-21(27-14-26-20)32(15-28-17)22-19-18(38-23(2,3)39-19)16(37-22)13-36-40(33,34)31-9-11-35-12-10-31/h1,14-16,18-19,22H,5-13H2,2-3H3,(H,33,34)(H,25,26,27)/t16-,18?,19+,22-/m0/s1. The van der Waals surface area contributed by atoms with Crippen LogP contribution in [0.5, 0.6) is 0 Å². The van der Waals surface area contributed by atoms with Gasteiger partial charge in [0.05, 0.1) is 26.1 Å². The van der Waals surface area contributed by atoms with E-state index in [0.29, 0.717) is 62.7 Å². The van der Waals surface area contributed by atoms with Gasteiger partial charge in [0.15, 0.2) is 34.7 Å². The summed E-state index contributed by atoms with van der Waals surface area (Å²) < 4.78 is 45.5. The molecule has 2 aromatic rings. The van der Waals surface area contributed by atoms with Crippen molar-refractivity contribution < 1.29 is 32.9 Å². The monoisotopic (exact) mass is 576 g/mol. The second-order valence-electron chi connectivity index (χ2n) is 10.6. The number of hydrogen-bond donors (Lipinski definition) is 2. The maximum Gasteiger partial charge on any atom is 0.405 e. The molecule has 6 rings (SSSR count). The van der Waals surface area contributed by atoms with E-state index in [-0.39, 0.29) is 6.61 Å².